The fourth-order valence-electron chi connectivity index (χ4n) is 5.47. The molecule has 8 nitrogen and oxygen atoms in total. The lowest BCUT2D eigenvalue weighted by molar-refractivity contribution is -0.167. The molecule has 0 saturated carbocycles. The number of carbonyl (C=O) groups is 3. The highest BCUT2D eigenvalue weighted by atomic mass is 19.3. The molecule has 0 fully saturated rings. The summed E-state index contributed by atoms with van der Waals surface area (Å²) in [4.78, 5) is 38.4. The third-order valence-electron chi connectivity index (χ3n) is 8.37. The summed E-state index contributed by atoms with van der Waals surface area (Å²) in [6.45, 7) is 6.46. The van der Waals surface area contributed by atoms with Crippen molar-refractivity contribution in [3.63, 3.8) is 0 Å². The molecule has 1 rings (SSSR count). The van der Waals surface area contributed by atoms with Gasteiger partial charge in [-0.25, -0.2) is 18.4 Å². The van der Waals surface area contributed by atoms with Crippen LogP contribution in [-0.2, 0) is 25.5 Å². The molecule has 268 valence electrons. The summed E-state index contributed by atoms with van der Waals surface area (Å²) in [7, 11) is 1.20. The molecule has 3 atom stereocenters. The molecule has 1 amide bonds. The SMILES string of the molecule is CCCCCCCC(F)(F)CCCCCCC=C[C@H](C(=O)N[C@@H](Cc1ccc(OCCCC)cc1)C(=O)OC)[C@@](O)(CCC)C(=O)O. The Morgan fingerprint density at radius 1 is 0.851 bits per heavy atom. The fraction of sp³-hybridized carbons (Fsp3) is 0.703. The number of esters is 1. The highest BCUT2D eigenvalue weighted by Crippen LogP contribution is 2.29. The van der Waals surface area contributed by atoms with E-state index in [-0.39, 0.29) is 25.7 Å². The number of aliphatic carboxylic acids is 1. The zero-order valence-electron chi connectivity index (χ0n) is 29.0. The maximum atomic E-state index is 14.2. The van der Waals surface area contributed by atoms with Gasteiger partial charge in [0.05, 0.1) is 19.6 Å². The molecule has 0 aromatic heterocycles. The summed E-state index contributed by atoms with van der Waals surface area (Å²) in [5.74, 6) is -6.49. The number of rotatable bonds is 27. The number of carboxylic acids is 1. The quantitative estimate of drug-likeness (QED) is 0.0491. The Morgan fingerprint density at radius 2 is 1.45 bits per heavy atom. The first-order valence-corrected chi connectivity index (χ1v) is 17.5. The minimum atomic E-state index is -2.64. The van der Waals surface area contributed by atoms with Gasteiger partial charge < -0.3 is 25.0 Å². The van der Waals surface area contributed by atoms with Gasteiger partial charge >= 0.3 is 11.9 Å². The van der Waals surface area contributed by atoms with Crippen molar-refractivity contribution < 1.29 is 42.9 Å². The average molecular weight is 668 g/mol. The van der Waals surface area contributed by atoms with Crippen LogP contribution in [0.4, 0.5) is 8.78 Å². The second-order valence-electron chi connectivity index (χ2n) is 12.5. The second kappa shape index (κ2) is 23.3. The van der Waals surface area contributed by atoms with Crippen LogP contribution in [0.3, 0.4) is 0 Å². The van der Waals surface area contributed by atoms with Gasteiger partial charge in [-0.15, -0.1) is 0 Å². The molecular weight excluding hydrogens is 608 g/mol. The van der Waals surface area contributed by atoms with Crippen LogP contribution in [0.1, 0.15) is 129 Å². The summed E-state index contributed by atoms with van der Waals surface area (Å²) in [6, 6.07) is 5.99. The molecule has 0 bridgehead atoms. The number of aliphatic hydroxyl groups is 1. The minimum absolute atomic E-state index is 0.0651. The number of ether oxygens (including phenoxy) is 2. The molecule has 0 aliphatic carbocycles. The van der Waals surface area contributed by atoms with Crippen LogP contribution in [-0.4, -0.2) is 59.3 Å². The Labute approximate surface area is 280 Å². The number of hydrogen-bond donors (Lipinski definition) is 3. The lowest BCUT2D eigenvalue weighted by Gasteiger charge is -2.30. The first-order valence-electron chi connectivity index (χ1n) is 17.5. The fourth-order valence-corrected chi connectivity index (χ4v) is 5.47. The van der Waals surface area contributed by atoms with Gasteiger partial charge in [-0.2, -0.15) is 0 Å². The number of carboxylic acid groups (broad SMARTS) is 1. The standard InChI is InChI=1S/C37H59F2NO7/c1-5-8-10-14-17-25-36(38,39)26-18-15-12-11-13-16-19-31(37(45,24-7-3)35(43)44)33(41)40-32(34(42)46-4)28-29-20-22-30(23-21-29)47-27-9-6-2/h16,19-23,31-32,45H,5-15,17-18,24-28H2,1-4H3,(H,40,41)(H,43,44)/t31-,32+,37+/m1/s1. The van der Waals surface area contributed by atoms with Gasteiger partial charge in [0.2, 0.25) is 11.8 Å². The van der Waals surface area contributed by atoms with E-state index in [1.165, 1.54) is 13.2 Å². The molecule has 1 aromatic carbocycles. The third kappa shape index (κ3) is 16.6. The summed E-state index contributed by atoms with van der Waals surface area (Å²) in [6.07, 6.45) is 12.4. The molecule has 47 heavy (non-hydrogen) atoms. The number of amides is 1. The minimum Gasteiger partial charge on any atom is -0.494 e. The van der Waals surface area contributed by atoms with Crippen LogP contribution in [0.2, 0.25) is 0 Å². The van der Waals surface area contributed by atoms with E-state index in [9.17, 15) is 33.4 Å². The van der Waals surface area contributed by atoms with Crippen molar-refractivity contribution in [2.75, 3.05) is 13.7 Å². The van der Waals surface area contributed by atoms with Crippen LogP contribution in [0.15, 0.2) is 36.4 Å². The van der Waals surface area contributed by atoms with Crippen LogP contribution in [0.5, 0.6) is 5.75 Å². The monoisotopic (exact) mass is 667 g/mol. The first kappa shape index (κ1) is 42.0. The van der Waals surface area contributed by atoms with E-state index in [2.05, 4.69) is 19.2 Å². The van der Waals surface area contributed by atoms with Crippen LogP contribution >= 0.6 is 0 Å². The number of nitrogens with one attached hydrogen (secondary N) is 1. The highest BCUT2D eigenvalue weighted by Gasteiger charge is 2.46. The van der Waals surface area contributed by atoms with E-state index < -0.39 is 41.3 Å². The number of carbonyl (C=O) groups excluding carboxylic acids is 2. The van der Waals surface area contributed by atoms with Crippen molar-refractivity contribution in [2.45, 2.75) is 147 Å². The summed E-state index contributed by atoms with van der Waals surface area (Å²) >= 11 is 0. The Hall–Kier alpha value is -3.01. The molecule has 0 radical (unpaired) electrons. The van der Waals surface area contributed by atoms with E-state index in [1.807, 2.05) is 0 Å². The van der Waals surface area contributed by atoms with Gasteiger partial charge in [-0.05, 0) is 56.2 Å². The van der Waals surface area contributed by atoms with Crippen LogP contribution < -0.4 is 10.1 Å². The van der Waals surface area contributed by atoms with Gasteiger partial charge in [0.1, 0.15) is 11.8 Å². The zero-order valence-corrected chi connectivity index (χ0v) is 29.0. The number of hydrogen-bond acceptors (Lipinski definition) is 6. The number of benzene rings is 1. The van der Waals surface area contributed by atoms with Gasteiger partial charge in [-0.3, -0.25) is 4.79 Å². The summed E-state index contributed by atoms with van der Waals surface area (Å²) in [5.41, 5.74) is -1.67. The van der Waals surface area contributed by atoms with Crippen molar-refractivity contribution in [1.82, 2.24) is 5.32 Å². The van der Waals surface area contributed by atoms with Crippen molar-refractivity contribution >= 4 is 17.8 Å². The number of unbranched alkanes of at least 4 members (excludes halogenated alkanes) is 9. The lowest BCUT2D eigenvalue weighted by atomic mass is 9.82. The topological polar surface area (TPSA) is 122 Å². The largest absolute Gasteiger partial charge is 0.494 e. The number of halogens is 2. The number of alkyl halides is 2. The number of methoxy groups -OCH3 is 1. The second-order valence-corrected chi connectivity index (χ2v) is 12.5. The van der Waals surface area contributed by atoms with Gasteiger partial charge in [-0.1, -0.05) is 96.4 Å². The summed E-state index contributed by atoms with van der Waals surface area (Å²) < 4.78 is 38.9. The van der Waals surface area contributed by atoms with E-state index in [0.29, 0.717) is 57.3 Å². The predicted molar refractivity (Wildman–Crippen MR) is 181 cm³/mol. The van der Waals surface area contributed by atoms with Gasteiger partial charge in [0, 0.05) is 19.3 Å². The average Bonchev–Trinajstić information content (AvgIpc) is 3.04. The molecule has 10 heteroatoms. The van der Waals surface area contributed by atoms with Crippen LogP contribution in [0.25, 0.3) is 0 Å². The van der Waals surface area contributed by atoms with Crippen molar-refractivity contribution in [3.8, 4) is 5.75 Å². The van der Waals surface area contributed by atoms with Crippen molar-refractivity contribution in [3.05, 3.63) is 42.0 Å². The first-order chi connectivity index (χ1) is 22.4. The molecule has 0 heterocycles. The molecule has 0 aliphatic heterocycles. The lowest BCUT2D eigenvalue weighted by Crippen LogP contribution is -2.54. The normalized spacial score (nSPS) is 14.4. The van der Waals surface area contributed by atoms with E-state index in [4.69, 9.17) is 9.47 Å². The molecule has 0 spiro atoms. The molecule has 0 aliphatic rings. The Balaban J connectivity index is 2.83. The van der Waals surface area contributed by atoms with Crippen molar-refractivity contribution in [2.24, 2.45) is 5.92 Å². The highest BCUT2D eigenvalue weighted by molar-refractivity contribution is 5.92. The molecular formula is C37H59F2NO7. The van der Waals surface area contributed by atoms with E-state index in [0.717, 1.165) is 44.1 Å². The Kier molecular flexibility index (Phi) is 20.9. The van der Waals surface area contributed by atoms with Gasteiger partial charge in [0.25, 0.3) is 0 Å². The Morgan fingerprint density at radius 3 is 2.00 bits per heavy atom. The predicted octanol–water partition coefficient (Wildman–Crippen LogP) is 8.19. The maximum absolute atomic E-state index is 14.2. The smallest absolute Gasteiger partial charge is 0.336 e. The zero-order chi connectivity index (χ0) is 35.1. The van der Waals surface area contributed by atoms with Crippen molar-refractivity contribution in [1.29, 1.82) is 0 Å². The molecule has 1 aromatic rings. The van der Waals surface area contributed by atoms with E-state index in [1.54, 1.807) is 37.3 Å². The molecule has 0 unspecified atom stereocenters. The van der Waals surface area contributed by atoms with Gasteiger partial charge in [0.15, 0.2) is 5.60 Å². The molecule has 0 saturated heterocycles. The third-order valence-corrected chi connectivity index (χ3v) is 8.37. The maximum Gasteiger partial charge on any atom is 0.336 e. The van der Waals surface area contributed by atoms with E-state index >= 15 is 0 Å². The summed E-state index contributed by atoms with van der Waals surface area (Å²) in [5, 5.41) is 23.7. The number of allylic oxidation sites excluding steroid dienone is 1. The molecule has 3 N–H and O–H groups in total. The Bertz CT molecular complexity index is 1060. The van der Waals surface area contributed by atoms with Crippen LogP contribution in [0, 0.1) is 5.92 Å².